The molecule has 1 aliphatic heterocycles. The van der Waals surface area contributed by atoms with E-state index in [1.807, 2.05) is 13.8 Å². The lowest BCUT2D eigenvalue weighted by molar-refractivity contribution is -0.127. The number of hydrogen-bond acceptors (Lipinski definition) is 3. The zero-order valence-corrected chi connectivity index (χ0v) is 11.4. The van der Waals surface area contributed by atoms with Crippen LogP contribution < -0.4 is 5.32 Å². The van der Waals surface area contributed by atoms with Crippen molar-refractivity contribution in [3.63, 3.8) is 0 Å². The molecule has 0 radical (unpaired) electrons. The average molecular weight is 269 g/mol. The maximum absolute atomic E-state index is 12.3. The number of carbonyl (C=O) groups excluding carboxylic acids is 3. The van der Waals surface area contributed by atoms with Crippen molar-refractivity contribution in [2.45, 2.75) is 26.7 Å². The quantitative estimate of drug-likeness (QED) is 0.581. The summed E-state index contributed by atoms with van der Waals surface area (Å²) < 4.78 is 0. The van der Waals surface area contributed by atoms with Gasteiger partial charge in [-0.05, 0) is 11.5 Å². The fourth-order valence-corrected chi connectivity index (χ4v) is 2.91. The van der Waals surface area contributed by atoms with Crippen LogP contribution in [0.3, 0.4) is 0 Å². The van der Waals surface area contributed by atoms with Crippen LogP contribution >= 0.6 is 0 Å². The summed E-state index contributed by atoms with van der Waals surface area (Å²) in [6, 6.07) is 7.13. The van der Waals surface area contributed by atoms with E-state index < -0.39 is 0 Å². The monoisotopic (exact) mass is 269 g/mol. The molecule has 2 aliphatic rings. The van der Waals surface area contributed by atoms with E-state index in [0.29, 0.717) is 24.1 Å². The summed E-state index contributed by atoms with van der Waals surface area (Å²) in [6.45, 7) is 3.79. The number of fused-ring (bicyclic) bond motifs is 1. The van der Waals surface area contributed by atoms with Crippen LogP contribution in [0.4, 0.5) is 5.69 Å². The Balaban J connectivity index is 2.18. The average Bonchev–Trinajstić information content (AvgIpc) is 2.64. The van der Waals surface area contributed by atoms with Gasteiger partial charge in [-0.1, -0.05) is 32.0 Å². The Bertz CT molecular complexity index is 661. The number of rotatable bonds is 0. The van der Waals surface area contributed by atoms with E-state index in [-0.39, 0.29) is 34.0 Å². The minimum absolute atomic E-state index is 0.0757. The SMILES string of the molecule is CC1(C)CC(=O)C(=C2C(=O)Nc3ccccc32)C(=O)C1. The summed E-state index contributed by atoms with van der Waals surface area (Å²) in [7, 11) is 0. The molecule has 4 heteroatoms. The molecule has 1 heterocycles. The molecule has 102 valence electrons. The molecule has 1 fully saturated rings. The molecular formula is C16H15NO3. The van der Waals surface area contributed by atoms with Crippen molar-refractivity contribution in [1.82, 2.24) is 0 Å². The van der Waals surface area contributed by atoms with Crippen molar-refractivity contribution in [2.24, 2.45) is 5.41 Å². The smallest absolute Gasteiger partial charge is 0.257 e. The van der Waals surface area contributed by atoms with E-state index in [4.69, 9.17) is 0 Å². The Morgan fingerprint density at radius 3 is 2.20 bits per heavy atom. The van der Waals surface area contributed by atoms with Gasteiger partial charge in [0.05, 0.1) is 11.1 Å². The fraction of sp³-hybridized carbons (Fsp3) is 0.312. The number of allylic oxidation sites excluding steroid dienone is 1. The number of nitrogens with one attached hydrogen (secondary N) is 1. The third-order valence-electron chi connectivity index (χ3n) is 3.76. The molecule has 1 aromatic rings. The summed E-state index contributed by atoms with van der Waals surface area (Å²) in [5, 5.41) is 2.71. The summed E-state index contributed by atoms with van der Waals surface area (Å²) in [6.07, 6.45) is 0.597. The molecule has 4 nitrogen and oxygen atoms in total. The molecule has 20 heavy (non-hydrogen) atoms. The van der Waals surface area contributed by atoms with Gasteiger partial charge in [0.15, 0.2) is 11.6 Å². The van der Waals surface area contributed by atoms with Crippen LogP contribution in [0.2, 0.25) is 0 Å². The van der Waals surface area contributed by atoms with Gasteiger partial charge in [-0.2, -0.15) is 0 Å². The van der Waals surface area contributed by atoms with Gasteiger partial charge < -0.3 is 5.32 Å². The van der Waals surface area contributed by atoms with E-state index >= 15 is 0 Å². The maximum atomic E-state index is 12.3. The first-order valence-corrected chi connectivity index (χ1v) is 6.60. The van der Waals surface area contributed by atoms with Crippen LogP contribution in [0, 0.1) is 5.41 Å². The normalized spacial score (nSPS) is 21.0. The lowest BCUT2D eigenvalue weighted by Crippen LogP contribution is -2.32. The zero-order chi connectivity index (χ0) is 14.5. The second-order valence-electron chi connectivity index (χ2n) is 6.11. The Kier molecular flexibility index (Phi) is 2.64. The number of Topliss-reactive ketones (excluding diaryl/α,β-unsaturated/α-hetero) is 2. The van der Waals surface area contributed by atoms with E-state index in [2.05, 4.69) is 5.32 Å². The lowest BCUT2D eigenvalue weighted by atomic mass is 9.72. The highest BCUT2D eigenvalue weighted by atomic mass is 16.2. The highest BCUT2D eigenvalue weighted by Crippen LogP contribution is 2.40. The maximum Gasteiger partial charge on any atom is 0.257 e. The molecule has 3 rings (SSSR count). The van der Waals surface area contributed by atoms with Gasteiger partial charge in [0.1, 0.15) is 0 Å². The van der Waals surface area contributed by atoms with Gasteiger partial charge in [-0.15, -0.1) is 0 Å². The van der Waals surface area contributed by atoms with Crippen LogP contribution in [-0.2, 0) is 14.4 Å². The second kappa shape index (κ2) is 4.13. The van der Waals surface area contributed by atoms with Gasteiger partial charge in [0.2, 0.25) is 0 Å². The van der Waals surface area contributed by atoms with Crippen LogP contribution in [-0.4, -0.2) is 17.5 Å². The topological polar surface area (TPSA) is 63.2 Å². The first-order valence-electron chi connectivity index (χ1n) is 6.60. The Labute approximate surface area is 116 Å². The summed E-state index contributed by atoms with van der Waals surface area (Å²) >= 11 is 0. The van der Waals surface area contributed by atoms with Gasteiger partial charge in [0, 0.05) is 24.1 Å². The van der Waals surface area contributed by atoms with Gasteiger partial charge in [0.25, 0.3) is 5.91 Å². The second-order valence-corrected chi connectivity index (χ2v) is 6.11. The zero-order valence-electron chi connectivity index (χ0n) is 11.4. The molecule has 1 aromatic carbocycles. The molecule has 0 saturated heterocycles. The van der Waals surface area contributed by atoms with E-state index in [9.17, 15) is 14.4 Å². The summed E-state index contributed by atoms with van der Waals surface area (Å²) in [5.41, 5.74) is 1.30. The van der Waals surface area contributed by atoms with Gasteiger partial charge in [-0.3, -0.25) is 14.4 Å². The molecule has 0 unspecified atom stereocenters. The molecule has 0 atom stereocenters. The third kappa shape index (κ3) is 1.88. The number of benzene rings is 1. The van der Waals surface area contributed by atoms with E-state index in [0.717, 1.165) is 0 Å². The van der Waals surface area contributed by atoms with E-state index in [1.165, 1.54) is 0 Å². The van der Waals surface area contributed by atoms with Crippen molar-refractivity contribution in [3.05, 3.63) is 35.4 Å². The highest BCUT2D eigenvalue weighted by molar-refractivity contribution is 6.42. The Morgan fingerprint density at radius 1 is 0.950 bits per heavy atom. The van der Waals surface area contributed by atoms with Crippen molar-refractivity contribution < 1.29 is 14.4 Å². The molecular weight excluding hydrogens is 254 g/mol. The third-order valence-corrected chi connectivity index (χ3v) is 3.76. The molecule has 1 saturated carbocycles. The predicted molar refractivity (Wildman–Crippen MR) is 75.0 cm³/mol. The predicted octanol–water partition coefficient (Wildman–Crippen LogP) is 2.35. The number of carbonyl (C=O) groups is 3. The summed E-state index contributed by atoms with van der Waals surface area (Å²) in [4.78, 5) is 36.7. The minimum Gasteiger partial charge on any atom is -0.321 e. The number of ketones is 2. The van der Waals surface area contributed by atoms with Crippen molar-refractivity contribution >= 4 is 28.7 Å². The largest absolute Gasteiger partial charge is 0.321 e. The number of para-hydroxylation sites is 1. The van der Waals surface area contributed by atoms with Crippen molar-refractivity contribution in [2.75, 3.05) is 5.32 Å². The number of hydrogen-bond donors (Lipinski definition) is 1. The van der Waals surface area contributed by atoms with Crippen molar-refractivity contribution in [1.29, 1.82) is 0 Å². The van der Waals surface area contributed by atoms with Crippen LogP contribution in [0.5, 0.6) is 0 Å². The molecule has 1 N–H and O–H groups in total. The number of anilines is 1. The molecule has 1 amide bonds. The molecule has 1 aliphatic carbocycles. The Morgan fingerprint density at radius 2 is 1.55 bits per heavy atom. The molecule has 0 aromatic heterocycles. The highest BCUT2D eigenvalue weighted by Gasteiger charge is 2.40. The Hall–Kier alpha value is -2.23. The fourth-order valence-electron chi connectivity index (χ4n) is 2.91. The number of amides is 1. The molecule has 0 spiro atoms. The first kappa shape index (κ1) is 12.8. The van der Waals surface area contributed by atoms with Crippen molar-refractivity contribution in [3.8, 4) is 0 Å². The lowest BCUT2D eigenvalue weighted by Gasteiger charge is -2.29. The first-order chi connectivity index (χ1) is 9.39. The van der Waals surface area contributed by atoms with Crippen LogP contribution in [0.1, 0.15) is 32.3 Å². The van der Waals surface area contributed by atoms with Crippen LogP contribution in [0.15, 0.2) is 29.8 Å². The standard InChI is InChI=1S/C16H15NO3/c1-16(2)7-11(18)14(12(19)8-16)13-9-5-3-4-6-10(9)17-15(13)20/h3-6H,7-8H2,1-2H3,(H,17,20). The summed E-state index contributed by atoms with van der Waals surface area (Å²) in [5.74, 6) is -0.816. The van der Waals surface area contributed by atoms with Gasteiger partial charge >= 0.3 is 0 Å². The molecule has 0 bridgehead atoms. The van der Waals surface area contributed by atoms with Crippen LogP contribution in [0.25, 0.3) is 5.57 Å². The van der Waals surface area contributed by atoms with Gasteiger partial charge in [-0.25, -0.2) is 0 Å². The van der Waals surface area contributed by atoms with E-state index in [1.54, 1.807) is 24.3 Å². The minimum atomic E-state index is -0.359.